The van der Waals surface area contributed by atoms with Gasteiger partial charge in [0.15, 0.2) is 0 Å². The SMILES string of the molecule is CC[C@H](N)C(=O)NC(C)(C)c1cccs1.Cl. The van der Waals surface area contributed by atoms with Crippen LogP contribution in [0.4, 0.5) is 0 Å². The minimum absolute atomic E-state index is 0. The molecule has 0 saturated carbocycles. The summed E-state index contributed by atoms with van der Waals surface area (Å²) in [6.07, 6.45) is 0.659. The van der Waals surface area contributed by atoms with Gasteiger partial charge in [-0.05, 0) is 31.7 Å². The molecule has 1 heterocycles. The van der Waals surface area contributed by atoms with Crippen LogP contribution in [0.1, 0.15) is 32.1 Å². The van der Waals surface area contributed by atoms with Crippen molar-refractivity contribution >= 4 is 29.7 Å². The molecule has 0 unspecified atom stereocenters. The van der Waals surface area contributed by atoms with Gasteiger partial charge in [0.2, 0.25) is 5.91 Å². The Hall–Kier alpha value is -0.580. The van der Waals surface area contributed by atoms with E-state index in [1.807, 2.05) is 38.3 Å². The van der Waals surface area contributed by atoms with Gasteiger partial charge in [0.25, 0.3) is 0 Å². The molecule has 0 aliphatic heterocycles. The average Bonchev–Trinajstić information content (AvgIpc) is 2.69. The zero-order valence-electron chi connectivity index (χ0n) is 9.82. The van der Waals surface area contributed by atoms with E-state index in [2.05, 4.69) is 5.32 Å². The molecule has 92 valence electrons. The molecular formula is C11H19ClN2OS. The van der Waals surface area contributed by atoms with Crippen LogP contribution >= 0.6 is 23.7 Å². The first-order valence-electron chi connectivity index (χ1n) is 5.09. The Balaban J connectivity index is 0.00000225. The quantitative estimate of drug-likeness (QED) is 0.875. The number of rotatable bonds is 4. The molecular weight excluding hydrogens is 244 g/mol. The maximum absolute atomic E-state index is 11.7. The highest BCUT2D eigenvalue weighted by atomic mass is 35.5. The molecule has 0 aromatic carbocycles. The first kappa shape index (κ1) is 15.4. The number of carbonyl (C=O) groups excluding carboxylic acids is 1. The predicted octanol–water partition coefficient (Wildman–Crippen LogP) is 2.26. The Morgan fingerprint density at radius 2 is 2.25 bits per heavy atom. The number of amides is 1. The Morgan fingerprint density at radius 1 is 1.62 bits per heavy atom. The zero-order chi connectivity index (χ0) is 11.5. The van der Waals surface area contributed by atoms with Crippen molar-refractivity contribution in [2.45, 2.75) is 38.8 Å². The van der Waals surface area contributed by atoms with Crippen molar-refractivity contribution in [1.82, 2.24) is 5.32 Å². The third-order valence-electron chi connectivity index (χ3n) is 2.35. The second kappa shape index (κ2) is 6.23. The summed E-state index contributed by atoms with van der Waals surface area (Å²) in [6.45, 7) is 5.88. The van der Waals surface area contributed by atoms with Crippen LogP contribution in [0, 0.1) is 0 Å². The minimum atomic E-state index is -0.413. The van der Waals surface area contributed by atoms with E-state index in [-0.39, 0.29) is 23.9 Å². The number of halogens is 1. The number of nitrogens with two attached hydrogens (primary N) is 1. The maximum atomic E-state index is 11.7. The molecule has 0 aliphatic carbocycles. The molecule has 0 saturated heterocycles. The topological polar surface area (TPSA) is 55.1 Å². The maximum Gasteiger partial charge on any atom is 0.237 e. The second-order valence-electron chi connectivity index (χ2n) is 4.11. The highest BCUT2D eigenvalue weighted by Gasteiger charge is 2.25. The van der Waals surface area contributed by atoms with Gasteiger partial charge in [-0.1, -0.05) is 13.0 Å². The van der Waals surface area contributed by atoms with Gasteiger partial charge in [0.1, 0.15) is 0 Å². The predicted molar refractivity (Wildman–Crippen MR) is 71.0 cm³/mol. The van der Waals surface area contributed by atoms with E-state index in [1.165, 1.54) is 0 Å². The molecule has 3 nitrogen and oxygen atoms in total. The molecule has 0 fully saturated rings. The fourth-order valence-electron chi connectivity index (χ4n) is 1.28. The van der Waals surface area contributed by atoms with E-state index < -0.39 is 6.04 Å². The lowest BCUT2D eigenvalue weighted by Crippen LogP contribution is -2.48. The van der Waals surface area contributed by atoms with Crippen molar-refractivity contribution in [3.8, 4) is 0 Å². The lowest BCUT2D eigenvalue weighted by Gasteiger charge is -2.26. The van der Waals surface area contributed by atoms with Crippen molar-refractivity contribution in [3.05, 3.63) is 22.4 Å². The first-order valence-corrected chi connectivity index (χ1v) is 5.97. The van der Waals surface area contributed by atoms with Crippen molar-refractivity contribution in [2.75, 3.05) is 0 Å². The fraction of sp³-hybridized carbons (Fsp3) is 0.545. The minimum Gasteiger partial charge on any atom is -0.345 e. The van der Waals surface area contributed by atoms with Crippen LogP contribution in [0.2, 0.25) is 0 Å². The number of hydrogen-bond acceptors (Lipinski definition) is 3. The first-order chi connectivity index (χ1) is 6.97. The Bertz CT molecular complexity index is 325. The number of hydrogen-bond donors (Lipinski definition) is 2. The van der Waals surface area contributed by atoms with Gasteiger partial charge in [-0.3, -0.25) is 4.79 Å². The molecule has 1 aromatic rings. The van der Waals surface area contributed by atoms with Gasteiger partial charge in [0.05, 0.1) is 11.6 Å². The van der Waals surface area contributed by atoms with Gasteiger partial charge in [-0.15, -0.1) is 23.7 Å². The van der Waals surface area contributed by atoms with E-state index in [1.54, 1.807) is 11.3 Å². The molecule has 1 amide bonds. The summed E-state index contributed by atoms with van der Waals surface area (Å²) in [6, 6.07) is 3.58. The molecule has 1 atom stereocenters. The fourth-order valence-corrected chi connectivity index (χ4v) is 2.09. The van der Waals surface area contributed by atoms with Crippen LogP contribution in [0.3, 0.4) is 0 Å². The van der Waals surface area contributed by atoms with E-state index >= 15 is 0 Å². The van der Waals surface area contributed by atoms with Gasteiger partial charge in [-0.2, -0.15) is 0 Å². The standard InChI is InChI=1S/C11H18N2OS.ClH/c1-4-8(12)10(14)13-11(2,3)9-6-5-7-15-9;/h5-8H,4,12H2,1-3H3,(H,13,14);1H/t8-;/m0./s1. The monoisotopic (exact) mass is 262 g/mol. The molecule has 0 spiro atoms. The Morgan fingerprint density at radius 3 is 2.69 bits per heavy atom. The zero-order valence-corrected chi connectivity index (χ0v) is 11.5. The third kappa shape index (κ3) is 3.77. The number of nitrogens with one attached hydrogen (secondary N) is 1. The largest absolute Gasteiger partial charge is 0.345 e. The molecule has 0 aliphatic rings. The molecule has 0 radical (unpaired) electrons. The van der Waals surface area contributed by atoms with E-state index in [4.69, 9.17) is 5.73 Å². The summed E-state index contributed by atoms with van der Waals surface area (Å²) < 4.78 is 0. The summed E-state index contributed by atoms with van der Waals surface area (Å²) >= 11 is 1.64. The van der Waals surface area contributed by atoms with E-state index in [9.17, 15) is 4.79 Å². The van der Waals surface area contributed by atoms with Gasteiger partial charge >= 0.3 is 0 Å². The summed E-state index contributed by atoms with van der Waals surface area (Å²) in [4.78, 5) is 12.8. The van der Waals surface area contributed by atoms with Gasteiger partial charge in [-0.25, -0.2) is 0 Å². The Labute approximate surface area is 107 Å². The van der Waals surface area contributed by atoms with Crippen LogP contribution in [0.15, 0.2) is 17.5 Å². The molecule has 1 aromatic heterocycles. The third-order valence-corrected chi connectivity index (χ3v) is 3.54. The van der Waals surface area contributed by atoms with Crippen molar-refractivity contribution in [3.63, 3.8) is 0 Å². The highest BCUT2D eigenvalue weighted by Crippen LogP contribution is 2.24. The Kier molecular flexibility index (Phi) is 6.00. The lowest BCUT2D eigenvalue weighted by atomic mass is 10.0. The van der Waals surface area contributed by atoms with Crippen LogP contribution in [0.5, 0.6) is 0 Å². The summed E-state index contributed by atoms with van der Waals surface area (Å²) in [5.41, 5.74) is 5.33. The molecule has 16 heavy (non-hydrogen) atoms. The summed E-state index contributed by atoms with van der Waals surface area (Å²) in [7, 11) is 0. The van der Waals surface area contributed by atoms with E-state index in [0.717, 1.165) is 4.88 Å². The highest BCUT2D eigenvalue weighted by molar-refractivity contribution is 7.10. The lowest BCUT2D eigenvalue weighted by molar-refractivity contribution is -0.124. The number of thiophene rings is 1. The molecule has 3 N–H and O–H groups in total. The molecule has 5 heteroatoms. The molecule has 0 bridgehead atoms. The van der Waals surface area contributed by atoms with Crippen LogP contribution in [-0.2, 0) is 10.3 Å². The van der Waals surface area contributed by atoms with Crippen LogP contribution < -0.4 is 11.1 Å². The smallest absolute Gasteiger partial charge is 0.237 e. The van der Waals surface area contributed by atoms with Crippen LogP contribution in [0.25, 0.3) is 0 Å². The van der Waals surface area contributed by atoms with Crippen molar-refractivity contribution in [1.29, 1.82) is 0 Å². The average molecular weight is 263 g/mol. The molecule has 1 rings (SSSR count). The van der Waals surface area contributed by atoms with Gasteiger partial charge < -0.3 is 11.1 Å². The van der Waals surface area contributed by atoms with E-state index in [0.29, 0.717) is 6.42 Å². The van der Waals surface area contributed by atoms with Crippen molar-refractivity contribution in [2.24, 2.45) is 5.73 Å². The summed E-state index contributed by atoms with van der Waals surface area (Å²) in [5, 5.41) is 4.96. The van der Waals surface area contributed by atoms with Crippen molar-refractivity contribution < 1.29 is 4.79 Å². The number of carbonyl (C=O) groups is 1. The van der Waals surface area contributed by atoms with Crippen LogP contribution in [-0.4, -0.2) is 11.9 Å². The second-order valence-corrected chi connectivity index (χ2v) is 5.05. The van der Waals surface area contributed by atoms with Gasteiger partial charge in [0, 0.05) is 4.88 Å². The normalized spacial score (nSPS) is 12.8. The summed E-state index contributed by atoms with van der Waals surface area (Å²) in [5.74, 6) is -0.0871.